The fourth-order valence-corrected chi connectivity index (χ4v) is 5.21. The van der Waals surface area contributed by atoms with E-state index in [-0.39, 0.29) is 11.7 Å². The number of nitrogens with zero attached hydrogens (tertiary/aromatic N) is 3. The molecule has 1 amide bonds. The van der Waals surface area contributed by atoms with Crippen molar-refractivity contribution in [2.24, 2.45) is 0 Å². The number of hydrogen-bond donors (Lipinski definition) is 1. The second-order valence-corrected chi connectivity index (χ2v) is 10.1. The normalized spacial score (nSPS) is 10.9. The van der Waals surface area contributed by atoms with Gasteiger partial charge in [0.2, 0.25) is 5.91 Å². The zero-order valence-corrected chi connectivity index (χ0v) is 21.3. The van der Waals surface area contributed by atoms with Crippen LogP contribution in [0.2, 0.25) is 20.1 Å². The van der Waals surface area contributed by atoms with Gasteiger partial charge in [0.05, 0.1) is 21.6 Å². The van der Waals surface area contributed by atoms with Crippen LogP contribution in [0.4, 0.5) is 5.69 Å². The first-order valence-electron chi connectivity index (χ1n) is 9.29. The topological polar surface area (TPSA) is 59.8 Å². The van der Waals surface area contributed by atoms with Crippen molar-refractivity contribution >= 4 is 81.5 Å². The third kappa shape index (κ3) is 7.33. The average Bonchev–Trinajstić information content (AvgIpc) is 3.10. The highest BCUT2D eigenvalue weighted by Crippen LogP contribution is 2.27. The molecule has 0 spiro atoms. The SMILES string of the molecule is C=CCn1c(CSCc2ccc(Cl)c(Cl)c2)nnc1SCC(=O)Nc1cc(Cl)cc(Cl)c1. The number of anilines is 1. The van der Waals surface area contributed by atoms with Crippen LogP contribution in [0.1, 0.15) is 11.4 Å². The van der Waals surface area contributed by atoms with E-state index in [0.717, 1.165) is 17.1 Å². The Morgan fingerprint density at radius 3 is 2.47 bits per heavy atom. The molecule has 0 unspecified atom stereocenters. The monoisotopic (exact) mass is 546 g/mol. The molecule has 5 nitrogen and oxygen atoms in total. The van der Waals surface area contributed by atoms with Crippen molar-refractivity contribution in [3.05, 3.63) is 80.5 Å². The quantitative estimate of drug-likeness (QED) is 0.214. The number of rotatable bonds is 10. The van der Waals surface area contributed by atoms with E-state index in [2.05, 4.69) is 22.1 Å². The van der Waals surface area contributed by atoms with Crippen molar-refractivity contribution in [1.29, 1.82) is 0 Å². The summed E-state index contributed by atoms with van der Waals surface area (Å²) in [5, 5.41) is 14.0. The lowest BCUT2D eigenvalue weighted by molar-refractivity contribution is -0.113. The third-order valence-electron chi connectivity index (χ3n) is 4.07. The number of carbonyl (C=O) groups is 1. The van der Waals surface area contributed by atoms with Gasteiger partial charge in [-0.15, -0.1) is 28.5 Å². The highest BCUT2D eigenvalue weighted by atomic mass is 35.5. The lowest BCUT2D eigenvalue weighted by Crippen LogP contribution is -2.14. The Bertz CT molecular complexity index is 1100. The maximum absolute atomic E-state index is 12.3. The molecule has 2 aromatic carbocycles. The smallest absolute Gasteiger partial charge is 0.234 e. The summed E-state index contributed by atoms with van der Waals surface area (Å²) in [6.45, 7) is 4.35. The Kier molecular flexibility index (Phi) is 9.64. The van der Waals surface area contributed by atoms with Crippen molar-refractivity contribution in [3.63, 3.8) is 0 Å². The largest absolute Gasteiger partial charge is 0.325 e. The molecule has 3 aromatic rings. The van der Waals surface area contributed by atoms with Crippen LogP contribution in [0, 0.1) is 0 Å². The van der Waals surface area contributed by atoms with Gasteiger partial charge in [0.25, 0.3) is 0 Å². The molecule has 0 saturated heterocycles. The summed E-state index contributed by atoms with van der Waals surface area (Å²) in [7, 11) is 0. The summed E-state index contributed by atoms with van der Waals surface area (Å²) in [5.74, 6) is 2.17. The first-order valence-corrected chi connectivity index (χ1v) is 12.9. The highest BCUT2D eigenvalue weighted by molar-refractivity contribution is 7.99. The lowest BCUT2D eigenvalue weighted by atomic mass is 10.2. The number of nitrogens with one attached hydrogen (secondary N) is 1. The van der Waals surface area contributed by atoms with Gasteiger partial charge in [0.1, 0.15) is 5.82 Å². The minimum absolute atomic E-state index is 0.163. The Labute approximate surface area is 214 Å². The number of thioether (sulfide) groups is 2. The molecule has 32 heavy (non-hydrogen) atoms. The van der Waals surface area contributed by atoms with Crippen molar-refractivity contribution in [2.75, 3.05) is 11.1 Å². The molecule has 0 fully saturated rings. The summed E-state index contributed by atoms with van der Waals surface area (Å²) >= 11 is 27.0. The van der Waals surface area contributed by atoms with Gasteiger partial charge in [0.15, 0.2) is 5.16 Å². The molecule has 168 valence electrons. The van der Waals surface area contributed by atoms with E-state index in [1.54, 1.807) is 42.1 Å². The third-order valence-corrected chi connectivity index (χ3v) is 7.21. The first-order chi connectivity index (χ1) is 15.4. The van der Waals surface area contributed by atoms with E-state index in [1.165, 1.54) is 11.8 Å². The van der Waals surface area contributed by atoms with Gasteiger partial charge in [0, 0.05) is 28.0 Å². The second-order valence-electron chi connectivity index (χ2n) is 6.53. The fourth-order valence-electron chi connectivity index (χ4n) is 2.69. The van der Waals surface area contributed by atoms with Gasteiger partial charge in [-0.1, -0.05) is 70.3 Å². The number of aromatic nitrogens is 3. The van der Waals surface area contributed by atoms with E-state index in [1.807, 2.05) is 16.7 Å². The van der Waals surface area contributed by atoms with Gasteiger partial charge in [-0.3, -0.25) is 4.79 Å². The van der Waals surface area contributed by atoms with E-state index in [4.69, 9.17) is 46.4 Å². The molecule has 0 saturated carbocycles. The molecular weight excluding hydrogens is 530 g/mol. The number of halogens is 4. The molecule has 0 bridgehead atoms. The molecule has 0 aliphatic heterocycles. The molecule has 0 aliphatic carbocycles. The van der Waals surface area contributed by atoms with Crippen molar-refractivity contribution in [2.45, 2.75) is 23.2 Å². The molecule has 0 aliphatic rings. The molecule has 0 radical (unpaired) electrons. The molecule has 1 heterocycles. The molecule has 11 heteroatoms. The van der Waals surface area contributed by atoms with Gasteiger partial charge in [-0.2, -0.15) is 0 Å². The molecular formula is C21H18Cl4N4OS2. The minimum Gasteiger partial charge on any atom is -0.325 e. The van der Waals surface area contributed by atoms with Crippen molar-refractivity contribution in [1.82, 2.24) is 14.8 Å². The van der Waals surface area contributed by atoms with E-state index in [0.29, 0.717) is 43.2 Å². The number of carbonyl (C=O) groups excluding carboxylic acids is 1. The fraction of sp³-hybridized carbons (Fsp3) is 0.190. The maximum atomic E-state index is 12.3. The Hall–Kier alpha value is -1.35. The Balaban J connectivity index is 1.57. The number of hydrogen-bond acceptors (Lipinski definition) is 5. The van der Waals surface area contributed by atoms with Crippen LogP contribution in [0.25, 0.3) is 0 Å². The predicted octanol–water partition coefficient (Wildman–Crippen LogP) is 7.24. The lowest BCUT2D eigenvalue weighted by Gasteiger charge is -2.09. The molecule has 3 rings (SSSR count). The van der Waals surface area contributed by atoms with Gasteiger partial charge >= 0.3 is 0 Å². The van der Waals surface area contributed by atoms with Crippen LogP contribution in [-0.4, -0.2) is 26.4 Å². The number of allylic oxidation sites excluding steroid dienone is 1. The summed E-state index contributed by atoms with van der Waals surface area (Å²) in [5.41, 5.74) is 1.62. The molecule has 1 aromatic heterocycles. The number of amides is 1. The Morgan fingerprint density at radius 1 is 1.03 bits per heavy atom. The average molecular weight is 548 g/mol. The zero-order chi connectivity index (χ0) is 23.1. The van der Waals surface area contributed by atoms with E-state index in [9.17, 15) is 4.79 Å². The molecule has 0 atom stereocenters. The van der Waals surface area contributed by atoms with Gasteiger partial charge in [-0.25, -0.2) is 0 Å². The zero-order valence-electron chi connectivity index (χ0n) is 16.7. The van der Waals surface area contributed by atoms with Crippen LogP contribution in [0.15, 0.2) is 54.2 Å². The first kappa shape index (κ1) is 25.3. The van der Waals surface area contributed by atoms with E-state index >= 15 is 0 Å². The number of benzene rings is 2. The Morgan fingerprint density at radius 2 is 1.78 bits per heavy atom. The highest BCUT2D eigenvalue weighted by Gasteiger charge is 2.14. The second kappa shape index (κ2) is 12.2. The minimum atomic E-state index is -0.197. The van der Waals surface area contributed by atoms with E-state index < -0.39 is 0 Å². The van der Waals surface area contributed by atoms with Crippen LogP contribution in [0.5, 0.6) is 0 Å². The maximum Gasteiger partial charge on any atom is 0.234 e. The standard InChI is InChI=1S/C21H18Cl4N4OS2/c1-2-5-29-19(11-31-10-13-3-4-17(24)18(25)6-13)27-28-21(29)32-12-20(30)26-16-8-14(22)7-15(23)9-16/h2-4,6-9H,1,5,10-12H2,(H,26,30). The van der Waals surface area contributed by atoms with Gasteiger partial charge < -0.3 is 9.88 Å². The summed E-state index contributed by atoms with van der Waals surface area (Å²) in [6, 6.07) is 10.5. The molecule has 1 N–H and O–H groups in total. The van der Waals surface area contributed by atoms with Crippen molar-refractivity contribution < 1.29 is 4.79 Å². The van der Waals surface area contributed by atoms with Crippen molar-refractivity contribution in [3.8, 4) is 0 Å². The van der Waals surface area contributed by atoms with Crippen LogP contribution in [0.3, 0.4) is 0 Å². The van der Waals surface area contributed by atoms with Gasteiger partial charge in [-0.05, 0) is 35.9 Å². The van der Waals surface area contributed by atoms with Crippen LogP contribution in [-0.2, 0) is 22.8 Å². The van der Waals surface area contributed by atoms with Crippen LogP contribution >= 0.6 is 69.9 Å². The summed E-state index contributed by atoms with van der Waals surface area (Å²) in [4.78, 5) is 12.3. The van der Waals surface area contributed by atoms with Crippen LogP contribution < -0.4 is 5.32 Å². The predicted molar refractivity (Wildman–Crippen MR) is 137 cm³/mol. The summed E-state index contributed by atoms with van der Waals surface area (Å²) < 4.78 is 1.95. The summed E-state index contributed by atoms with van der Waals surface area (Å²) in [6.07, 6.45) is 1.77.